The number of rotatable bonds is 3. The fourth-order valence-corrected chi connectivity index (χ4v) is 6.56. The number of hydrogen-bond donors (Lipinski definition) is 0. The van der Waals surface area contributed by atoms with Crippen molar-refractivity contribution in [3.05, 3.63) is 133 Å². The van der Waals surface area contributed by atoms with E-state index >= 15 is 0 Å². The van der Waals surface area contributed by atoms with Crippen molar-refractivity contribution >= 4 is 40.2 Å². The van der Waals surface area contributed by atoms with Crippen LogP contribution in [0.3, 0.4) is 0 Å². The SMILES string of the molecule is c1ccc(B2c3cc(-c4ccccc4)cc4c3N3c5c(cccc5Oc5cc(-c6ccccc6)cc2c53)O4)cc1. The van der Waals surface area contributed by atoms with Crippen LogP contribution in [0.4, 0.5) is 17.1 Å². The highest BCUT2D eigenvalue weighted by molar-refractivity contribution is 6.98. The molecule has 4 heteroatoms. The molecule has 0 saturated heterocycles. The lowest BCUT2D eigenvalue weighted by Crippen LogP contribution is -2.58. The highest BCUT2D eigenvalue weighted by atomic mass is 16.5. The van der Waals surface area contributed by atoms with E-state index in [1.165, 1.54) is 27.5 Å². The molecule has 0 spiro atoms. The summed E-state index contributed by atoms with van der Waals surface area (Å²) in [7, 11) is 0. The molecule has 3 heterocycles. The molecule has 0 amide bonds. The van der Waals surface area contributed by atoms with E-state index < -0.39 is 0 Å². The van der Waals surface area contributed by atoms with E-state index in [0.717, 1.165) is 51.2 Å². The first-order chi connectivity index (χ1) is 19.8. The second-order valence-corrected chi connectivity index (χ2v) is 10.5. The molecule has 6 aromatic carbocycles. The van der Waals surface area contributed by atoms with E-state index in [9.17, 15) is 0 Å². The Bertz CT molecular complexity index is 1840. The number of nitrogens with zero attached hydrogens (tertiary/aromatic N) is 1. The molecule has 9 rings (SSSR count). The third-order valence-corrected chi connectivity index (χ3v) is 8.25. The van der Waals surface area contributed by atoms with Gasteiger partial charge in [0, 0.05) is 0 Å². The largest absolute Gasteiger partial charge is 0.453 e. The minimum atomic E-state index is 0.00582. The lowest BCUT2D eigenvalue weighted by Gasteiger charge is -2.44. The Balaban J connectivity index is 1.40. The number of hydrogen-bond acceptors (Lipinski definition) is 3. The molecule has 3 aliphatic rings. The van der Waals surface area contributed by atoms with Gasteiger partial charge in [-0.3, -0.25) is 4.90 Å². The van der Waals surface area contributed by atoms with E-state index in [2.05, 4.69) is 120 Å². The monoisotopic (exact) mass is 511 g/mol. The summed E-state index contributed by atoms with van der Waals surface area (Å²) >= 11 is 0. The molecule has 186 valence electrons. The van der Waals surface area contributed by atoms with Crippen LogP contribution in [0.2, 0.25) is 0 Å². The Hall–Kier alpha value is -5.22. The third-order valence-electron chi connectivity index (χ3n) is 8.25. The van der Waals surface area contributed by atoms with Gasteiger partial charge < -0.3 is 9.47 Å². The fourth-order valence-electron chi connectivity index (χ4n) is 6.56. The standard InChI is InChI=1S/C36H22BNO2/c1-4-11-23(12-5-1)25-19-28-34-32(21-25)39-30-17-10-18-31-36(30)38(34)35-29(37(28)27-15-8-3-9-16-27)20-26(22-33(35)40-31)24-13-6-2-7-14-24/h1-22H. The first-order valence-electron chi connectivity index (χ1n) is 13.6. The predicted octanol–water partition coefficient (Wildman–Crippen LogP) is 7.53. The van der Waals surface area contributed by atoms with Gasteiger partial charge in [-0.15, -0.1) is 0 Å². The Morgan fingerprint density at radius 3 is 1.38 bits per heavy atom. The van der Waals surface area contributed by atoms with Crippen LogP contribution in [0.15, 0.2) is 133 Å². The van der Waals surface area contributed by atoms with Crippen LogP contribution in [0.1, 0.15) is 0 Å². The minimum Gasteiger partial charge on any atom is -0.453 e. The van der Waals surface area contributed by atoms with Crippen LogP contribution in [0, 0.1) is 0 Å². The van der Waals surface area contributed by atoms with Crippen LogP contribution in [-0.2, 0) is 0 Å². The van der Waals surface area contributed by atoms with Crippen molar-refractivity contribution in [3.63, 3.8) is 0 Å². The van der Waals surface area contributed by atoms with Crippen molar-refractivity contribution in [1.29, 1.82) is 0 Å². The Kier molecular flexibility index (Phi) is 4.41. The highest BCUT2D eigenvalue weighted by Gasteiger charge is 2.45. The van der Waals surface area contributed by atoms with E-state index in [0.29, 0.717) is 0 Å². The van der Waals surface area contributed by atoms with Crippen LogP contribution in [0.5, 0.6) is 23.0 Å². The number of anilines is 3. The van der Waals surface area contributed by atoms with Gasteiger partial charge in [-0.1, -0.05) is 115 Å². The maximum Gasteiger partial charge on any atom is 0.247 e. The van der Waals surface area contributed by atoms with Gasteiger partial charge in [0.15, 0.2) is 23.0 Å². The quantitative estimate of drug-likeness (QED) is 0.229. The Morgan fingerprint density at radius 2 is 0.875 bits per heavy atom. The molecule has 40 heavy (non-hydrogen) atoms. The van der Waals surface area contributed by atoms with E-state index in [1.807, 2.05) is 18.2 Å². The van der Waals surface area contributed by atoms with Crippen molar-refractivity contribution in [2.45, 2.75) is 0 Å². The van der Waals surface area contributed by atoms with E-state index in [-0.39, 0.29) is 6.71 Å². The first kappa shape index (κ1) is 21.7. The van der Waals surface area contributed by atoms with Gasteiger partial charge in [0.2, 0.25) is 6.71 Å². The zero-order valence-electron chi connectivity index (χ0n) is 21.5. The molecular formula is C36H22BNO2. The van der Waals surface area contributed by atoms with Gasteiger partial charge in [-0.25, -0.2) is 0 Å². The summed E-state index contributed by atoms with van der Waals surface area (Å²) in [4.78, 5) is 2.38. The molecule has 0 radical (unpaired) electrons. The van der Waals surface area contributed by atoms with Crippen molar-refractivity contribution in [2.75, 3.05) is 4.90 Å². The summed E-state index contributed by atoms with van der Waals surface area (Å²) in [6, 6.07) is 47.1. The lowest BCUT2D eigenvalue weighted by molar-refractivity contribution is 0.446. The van der Waals surface area contributed by atoms with Crippen molar-refractivity contribution in [3.8, 4) is 45.3 Å². The fraction of sp³-hybridized carbons (Fsp3) is 0. The number of para-hydroxylation sites is 1. The summed E-state index contributed by atoms with van der Waals surface area (Å²) in [5, 5.41) is 0. The topological polar surface area (TPSA) is 21.7 Å². The van der Waals surface area contributed by atoms with Gasteiger partial charge in [-0.05, 0) is 57.4 Å². The molecule has 0 fully saturated rings. The average Bonchev–Trinajstić information content (AvgIpc) is 3.02. The summed E-state index contributed by atoms with van der Waals surface area (Å²) in [6.07, 6.45) is 0. The second-order valence-electron chi connectivity index (χ2n) is 10.5. The summed E-state index contributed by atoms with van der Waals surface area (Å²) in [5.41, 5.74) is 11.5. The van der Waals surface area contributed by atoms with Gasteiger partial charge >= 0.3 is 0 Å². The van der Waals surface area contributed by atoms with Crippen LogP contribution in [-0.4, -0.2) is 6.71 Å². The van der Waals surface area contributed by atoms with E-state index in [1.54, 1.807) is 0 Å². The second kappa shape index (κ2) is 8.14. The molecule has 0 aliphatic carbocycles. The maximum atomic E-state index is 6.67. The summed E-state index contributed by atoms with van der Waals surface area (Å²) in [5.74, 6) is 3.35. The van der Waals surface area contributed by atoms with Crippen molar-refractivity contribution in [1.82, 2.24) is 0 Å². The highest BCUT2D eigenvalue weighted by Crippen LogP contribution is 2.60. The Morgan fingerprint density at radius 1 is 0.400 bits per heavy atom. The normalized spacial score (nSPS) is 13.3. The Labute approximate surface area is 233 Å². The van der Waals surface area contributed by atoms with Crippen LogP contribution < -0.4 is 30.8 Å². The van der Waals surface area contributed by atoms with Crippen molar-refractivity contribution in [2.24, 2.45) is 0 Å². The number of ether oxygens (including phenoxy) is 2. The summed E-state index contributed by atoms with van der Waals surface area (Å²) in [6.45, 7) is 0.00582. The van der Waals surface area contributed by atoms with Crippen LogP contribution in [0.25, 0.3) is 22.3 Å². The maximum absolute atomic E-state index is 6.67. The zero-order chi connectivity index (χ0) is 26.2. The minimum absolute atomic E-state index is 0.00582. The van der Waals surface area contributed by atoms with Gasteiger partial charge in [0.05, 0.1) is 11.4 Å². The smallest absolute Gasteiger partial charge is 0.247 e. The molecule has 0 aromatic heterocycles. The molecule has 0 bridgehead atoms. The molecule has 6 aromatic rings. The van der Waals surface area contributed by atoms with Gasteiger partial charge in [0.25, 0.3) is 0 Å². The average molecular weight is 511 g/mol. The molecule has 0 atom stereocenters. The van der Waals surface area contributed by atoms with Crippen molar-refractivity contribution < 1.29 is 9.47 Å². The molecule has 3 aliphatic heterocycles. The summed E-state index contributed by atoms with van der Waals surface area (Å²) < 4.78 is 13.3. The first-order valence-corrected chi connectivity index (χ1v) is 13.6. The molecule has 0 saturated carbocycles. The number of benzene rings is 6. The lowest BCUT2D eigenvalue weighted by atomic mass is 9.34. The van der Waals surface area contributed by atoms with E-state index in [4.69, 9.17) is 9.47 Å². The molecule has 0 N–H and O–H groups in total. The molecule has 3 nitrogen and oxygen atoms in total. The zero-order valence-corrected chi connectivity index (χ0v) is 21.5. The third kappa shape index (κ3) is 3.02. The van der Waals surface area contributed by atoms with Crippen LogP contribution >= 0.6 is 0 Å². The van der Waals surface area contributed by atoms with Gasteiger partial charge in [-0.2, -0.15) is 0 Å². The predicted molar refractivity (Wildman–Crippen MR) is 163 cm³/mol. The molecular weight excluding hydrogens is 489 g/mol. The van der Waals surface area contributed by atoms with Gasteiger partial charge in [0.1, 0.15) is 5.69 Å². The molecule has 0 unspecified atom stereocenters.